The van der Waals surface area contributed by atoms with Crippen molar-refractivity contribution in [1.82, 2.24) is 0 Å². The van der Waals surface area contributed by atoms with Crippen molar-refractivity contribution in [2.75, 3.05) is 13.2 Å². The molecule has 0 radical (unpaired) electrons. The van der Waals surface area contributed by atoms with Gasteiger partial charge in [0, 0.05) is 18.3 Å². The fourth-order valence-corrected chi connectivity index (χ4v) is 15.3. The summed E-state index contributed by atoms with van der Waals surface area (Å²) in [5, 5.41) is -3.21. The Bertz CT molecular complexity index is 3090. The van der Waals surface area contributed by atoms with Gasteiger partial charge in [-0.25, -0.2) is 13.2 Å². The molecule has 98 heavy (non-hydrogen) atoms. The first-order valence-corrected chi connectivity index (χ1v) is 38.1. The lowest BCUT2D eigenvalue weighted by atomic mass is 9.52. The summed E-state index contributed by atoms with van der Waals surface area (Å²) in [5.41, 5.74) is -2.92. The van der Waals surface area contributed by atoms with Crippen LogP contribution in [0.2, 0.25) is 0 Å². The largest absolute Gasteiger partial charge is 0.743 e. The maximum atomic E-state index is 13.9. The lowest BCUT2D eigenvalue weighted by Gasteiger charge is -2.59. The average molecular weight is 1440 g/mol. The van der Waals surface area contributed by atoms with Gasteiger partial charge in [0.25, 0.3) is 0 Å². The molecule has 7 unspecified atom stereocenters. The molecule has 7 atom stereocenters. The van der Waals surface area contributed by atoms with Crippen LogP contribution in [0, 0.1) is 51.2 Å². The normalized spacial score (nSPS) is 25.5. The van der Waals surface area contributed by atoms with Crippen LogP contribution in [0.3, 0.4) is 0 Å². The van der Waals surface area contributed by atoms with Gasteiger partial charge >= 0.3 is 62.4 Å². The Labute approximate surface area is 576 Å². The number of hydrogen-bond donors (Lipinski definition) is 1. The highest BCUT2D eigenvalue weighted by Crippen LogP contribution is 2.60. The number of ether oxygens (including phenoxy) is 6. The monoisotopic (exact) mass is 1440 g/mol. The molecule has 8 fully saturated rings. The molecule has 0 spiro atoms. The molecule has 1 saturated heterocycles. The van der Waals surface area contributed by atoms with Crippen molar-refractivity contribution < 1.29 is 114 Å². The van der Waals surface area contributed by atoms with E-state index in [4.69, 9.17) is 28.4 Å². The minimum atomic E-state index is -7.41. The molecule has 6 bridgehead atoms. The molecule has 7 aliphatic carbocycles. The quantitative estimate of drug-likeness (QED) is 0.0175. The highest BCUT2D eigenvalue weighted by Gasteiger charge is 2.81. The van der Waals surface area contributed by atoms with Crippen LogP contribution in [-0.4, -0.2) is 121 Å². The Morgan fingerprint density at radius 3 is 1.50 bits per heavy atom. The summed E-state index contributed by atoms with van der Waals surface area (Å²) in [7, 11) is -14.4. The minimum Gasteiger partial charge on any atom is -0.743 e. The van der Waals surface area contributed by atoms with Gasteiger partial charge in [-0.05, 0) is 207 Å². The zero-order valence-corrected chi connectivity index (χ0v) is 61.4. The van der Waals surface area contributed by atoms with Gasteiger partial charge in [0.05, 0.1) is 52.0 Å². The van der Waals surface area contributed by atoms with Crippen molar-refractivity contribution in [1.29, 1.82) is 0 Å². The maximum absolute atomic E-state index is 13.9. The number of hydrogen-bond acceptors (Lipinski definition) is 19. The summed E-state index contributed by atoms with van der Waals surface area (Å²) >= 11 is 0. The SMILES string of the molecule is CCC(C)(C)C(=O)OC12CC3CC(CC(O)(C3)C1)C2.CCC(C)(C)C(=O)OC1C2CC3C(=O)OC1C3C2.CCC(C)(C)C(=O)OCCCCCCCCCCCCOC(=O)c1ccc(OS(=O)(=O)C(F)(F)C(F)(F)C(F)(F)S(=O)(=O)[O-])cc1.CCC1(OC(=O)C(C)(C)CC)CCCC1. The second-order valence-corrected chi connectivity index (χ2v) is 34.1. The molecule has 0 aromatic heterocycles. The molecule has 562 valence electrons. The number of rotatable bonds is 32. The predicted molar refractivity (Wildman–Crippen MR) is 350 cm³/mol. The predicted octanol–water partition coefficient (Wildman–Crippen LogP) is 15.5. The molecule has 1 aromatic rings. The highest BCUT2D eigenvalue weighted by atomic mass is 32.2. The van der Waals surface area contributed by atoms with E-state index in [1.165, 1.54) is 19.3 Å². The molecule has 1 aromatic carbocycles. The van der Waals surface area contributed by atoms with Crippen molar-refractivity contribution in [3.8, 4) is 5.75 Å². The van der Waals surface area contributed by atoms with Crippen LogP contribution < -0.4 is 4.18 Å². The van der Waals surface area contributed by atoms with Gasteiger partial charge in [-0.15, -0.1) is 0 Å². The zero-order chi connectivity index (χ0) is 73.9. The first-order chi connectivity index (χ1) is 45.2. The number of carbonyl (C=O) groups is 6. The minimum absolute atomic E-state index is 0.0197. The van der Waals surface area contributed by atoms with Crippen LogP contribution in [0.25, 0.3) is 0 Å². The van der Waals surface area contributed by atoms with Crippen LogP contribution in [0.4, 0.5) is 26.3 Å². The average Bonchev–Trinajstić information content (AvgIpc) is 0.797. The molecule has 1 heterocycles. The van der Waals surface area contributed by atoms with Crippen molar-refractivity contribution in [3.05, 3.63) is 29.8 Å². The molecule has 9 rings (SSSR count). The molecule has 19 nitrogen and oxygen atoms in total. The molecule has 1 aliphatic heterocycles. The first kappa shape index (κ1) is 83.9. The summed E-state index contributed by atoms with van der Waals surface area (Å²) in [6.07, 6.45) is 24.9. The lowest BCUT2D eigenvalue weighted by Crippen LogP contribution is -2.61. The Morgan fingerprint density at radius 1 is 0.592 bits per heavy atom. The van der Waals surface area contributed by atoms with Crippen LogP contribution >= 0.6 is 0 Å². The van der Waals surface area contributed by atoms with Crippen molar-refractivity contribution in [2.45, 2.75) is 309 Å². The van der Waals surface area contributed by atoms with E-state index in [-0.39, 0.29) is 76.8 Å². The van der Waals surface area contributed by atoms with E-state index in [1.807, 2.05) is 83.1 Å². The third-order valence-corrected chi connectivity index (χ3v) is 24.0. The Balaban J connectivity index is 0.000000269. The number of halogens is 6. The van der Waals surface area contributed by atoms with Crippen molar-refractivity contribution >= 4 is 56.1 Å². The molecule has 7 saturated carbocycles. The topological polar surface area (TPSA) is 279 Å². The third kappa shape index (κ3) is 20.3. The summed E-state index contributed by atoms with van der Waals surface area (Å²) in [6, 6.07) is 2.77. The number of unbranched alkanes of at least 4 members (excludes halogenated alkanes) is 9. The Morgan fingerprint density at radius 2 is 1.04 bits per heavy atom. The zero-order valence-electron chi connectivity index (χ0n) is 59.7. The number of benzene rings is 1. The van der Waals surface area contributed by atoms with E-state index >= 15 is 0 Å². The van der Waals surface area contributed by atoms with Gasteiger partial charge in [0.2, 0.25) is 0 Å². The van der Waals surface area contributed by atoms with Gasteiger partial charge in [-0.1, -0.05) is 86.0 Å². The summed E-state index contributed by atoms with van der Waals surface area (Å²) < 4.78 is 173. The molecule has 27 heteroatoms. The number of esters is 6. The van der Waals surface area contributed by atoms with Crippen LogP contribution in [0.5, 0.6) is 5.75 Å². The summed E-state index contributed by atoms with van der Waals surface area (Å²) in [5.74, 6) is -7.91. The van der Waals surface area contributed by atoms with Gasteiger partial charge in [0.15, 0.2) is 10.1 Å². The van der Waals surface area contributed by atoms with E-state index in [9.17, 15) is 81.6 Å². The van der Waals surface area contributed by atoms with Crippen LogP contribution in [0.1, 0.15) is 274 Å². The molecular weight excluding hydrogens is 1330 g/mol. The van der Waals surface area contributed by atoms with Crippen LogP contribution in [-0.2, 0) is 72.6 Å². The first-order valence-electron chi connectivity index (χ1n) is 35.3. The van der Waals surface area contributed by atoms with E-state index in [2.05, 4.69) is 11.1 Å². The molecule has 8 aliphatic rings. The standard InChI is InChI=1S/C28H40F6O10S2.C16H26O3.C14H20O4.C13H24O2/c1-4-25(2,3)24(36)43-20-14-12-10-8-6-5-7-9-11-13-19-42-23(35)21-15-17-22(18-16-21)44-46(40,41)28(33,34)26(29,30)27(31,32)45(37,38)39;1-4-14(2,3)13(17)19-16-8-11-5-12(9-16)7-15(18,6-11)10-16;1-4-14(2,3)13(16)18-10-7-5-8-9(6-7)12(15)17-11(8)10;1-5-12(3,4)11(14)15-13(6-2)9-7-8-10-13/h15-18H,4-14,19-20H2,1-3H3,(H,37,38,39);11-12,18H,4-10H2,1-3H3;7-11H,4-6H2,1-3H3;5-10H2,1-4H3/p-1. The Kier molecular flexibility index (Phi) is 28.4. The molecule has 1 N–H and O–H groups in total. The molecule has 0 amide bonds. The highest BCUT2D eigenvalue weighted by molar-refractivity contribution is 7.88. The van der Waals surface area contributed by atoms with Gasteiger partial charge in [-0.2, -0.15) is 34.8 Å². The van der Waals surface area contributed by atoms with E-state index in [1.54, 1.807) is 0 Å². The van der Waals surface area contributed by atoms with Crippen LogP contribution in [0.15, 0.2) is 24.3 Å². The van der Waals surface area contributed by atoms with Crippen molar-refractivity contribution in [3.63, 3.8) is 0 Å². The number of carbonyl (C=O) groups excluding carboxylic acids is 6. The third-order valence-electron chi connectivity index (χ3n) is 21.8. The number of aliphatic hydroxyl groups is 1. The fraction of sp³-hybridized carbons (Fsp3) is 0.831. The smallest absolute Gasteiger partial charge is 0.450 e. The second-order valence-electron chi connectivity index (χ2n) is 31.0. The van der Waals surface area contributed by atoms with E-state index < -0.39 is 70.2 Å². The molecular formula is C71H109F6O19S2-. The number of alkyl halides is 6. The van der Waals surface area contributed by atoms with E-state index in [0.29, 0.717) is 55.3 Å². The fourth-order valence-electron chi connectivity index (χ4n) is 13.9. The summed E-state index contributed by atoms with van der Waals surface area (Å²) in [4.78, 5) is 72.1. The number of fused-ring (bicyclic) bond motifs is 1. The Hall–Kier alpha value is -4.76. The van der Waals surface area contributed by atoms with Crippen molar-refractivity contribution in [2.24, 2.45) is 51.2 Å². The maximum Gasteiger partial charge on any atom is 0.450 e. The van der Waals surface area contributed by atoms with Gasteiger partial charge in [-0.3, -0.25) is 24.0 Å². The van der Waals surface area contributed by atoms with E-state index in [0.717, 1.165) is 153 Å². The van der Waals surface area contributed by atoms with Gasteiger partial charge < -0.3 is 42.3 Å². The summed E-state index contributed by atoms with van der Waals surface area (Å²) in [6.45, 7) is 25.9. The van der Waals surface area contributed by atoms with Gasteiger partial charge in [0.1, 0.15) is 29.2 Å². The lowest BCUT2D eigenvalue weighted by molar-refractivity contribution is -0.247. The second kappa shape index (κ2) is 33.1.